The van der Waals surface area contributed by atoms with Gasteiger partial charge in [-0.3, -0.25) is 0 Å². The number of anilines is 1. The quantitative estimate of drug-likeness (QED) is 0.546. The van der Waals surface area contributed by atoms with Crippen LogP contribution in [0.4, 0.5) is 36.8 Å². The summed E-state index contributed by atoms with van der Waals surface area (Å²) >= 11 is 0. The number of hydrogen-bond donors (Lipinski definition) is 2. The first-order valence-electron chi connectivity index (χ1n) is 8.83. The number of carbonyl (C=O) groups excluding carboxylic acids is 1. The molecule has 0 fully saturated rings. The van der Waals surface area contributed by atoms with Gasteiger partial charge in [0.15, 0.2) is 0 Å². The van der Waals surface area contributed by atoms with Gasteiger partial charge >= 0.3 is 18.4 Å². The number of benzene rings is 2. The summed E-state index contributed by atoms with van der Waals surface area (Å²) in [6, 6.07) is 9.74. The lowest BCUT2D eigenvalue weighted by Gasteiger charge is -2.16. The van der Waals surface area contributed by atoms with Crippen LogP contribution in [0.2, 0.25) is 0 Å². The van der Waals surface area contributed by atoms with Gasteiger partial charge in [-0.1, -0.05) is 37.3 Å². The molecule has 1 unspecified atom stereocenters. The van der Waals surface area contributed by atoms with E-state index in [4.69, 9.17) is 0 Å². The number of amides is 2. The van der Waals surface area contributed by atoms with Crippen LogP contribution in [0.1, 0.15) is 30.0 Å². The highest BCUT2D eigenvalue weighted by Crippen LogP contribution is 2.37. The Morgan fingerprint density at radius 1 is 0.931 bits per heavy atom. The summed E-state index contributed by atoms with van der Waals surface area (Å²) in [5.74, 6) is 0.0631. The van der Waals surface area contributed by atoms with Crippen LogP contribution < -0.4 is 10.6 Å². The van der Waals surface area contributed by atoms with Crippen molar-refractivity contribution >= 4 is 11.7 Å². The number of urea groups is 1. The molecule has 158 valence electrons. The van der Waals surface area contributed by atoms with Gasteiger partial charge in [-0.15, -0.1) is 0 Å². The van der Waals surface area contributed by atoms with E-state index in [9.17, 15) is 31.1 Å². The average molecular weight is 418 g/mol. The van der Waals surface area contributed by atoms with E-state index in [1.54, 1.807) is 0 Å². The van der Waals surface area contributed by atoms with Crippen LogP contribution in [-0.2, 0) is 18.8 Å². The predicted octanol–water partition coefficient (Wildman–Crippen LogP) is 6.11. The fourth-order valence-electron chi connectivity index (χ4n) is 2.63. The van der Waals surface area contributed by atoms with Gasteiger partial charge in [0.05, 0.1) is 11.1 Å². The molecule has 29 heavy (non-hydrogen) atoms. The Hall–Kier alpha value is -2.71. The number of halogens is 6. The topological polar surface area (TPSA) is 41.1 Å². The normalized spacial score (nSPS) is 13.1. The van der Waals surface area contributed by atoms with Gasteiger partial charge in [-0.25, -0.2) is 4.79 Å². The van der Waals surface area contributed by atoms with Gasteiger partial charge in [0.25, 0.3) is 0 Å². The molecule has 9 heteroatoms. The molecular weight excluding hydrogens is 398 g/mol. The maximum Gasteiger partial charge on any atom is 0.416 e. The maximum atomic E-state index is 12.9. The van der Waals surface area contributed by atoms with Gasteiger partial charge in [0, 0.05) is 12.2 Å². The lowest BCUT2D eigenvalue weighted by molar-refractivity contribution is -0.143. The summed E-state index contributed by atoms with van der Waals surface area (Å²) in [6.07, 6.45) is -8.40. The second-order valence-corrected chi connectivity index (χ2v) is 6.76. The lowest BCUT2D eigenvalue weighted by atomic mass is 10.0. The first kappa shape index (κ1) is 22.6. The van der Waals surface area contributed by atoms with Gasteiger partial charge in [0.1, 0.15) is 0 Å². The third-order valence-corrected chi connectivity index (χ3v) is 4.23. The van der Waals surface area contributed by atoms with Crippen LogP contribution in [0, 0.1) is 5.92 Å². The molecule has 2 aromatic rings. The summed E-state index contributed by atoms with van der Waals surface area (Å²) in [4.78, 5) is 11.9. The fraction of sp³-hybridized carbons (Fsp3) is 0.350. The van der Waals surface area contributed by atoms with Gasteiger partial charge in [-0.2, -0.15) is 26.3 Å². The largest absolute Gasteiger partial charge is 0.416 e. The first-order valence-corrected chi connectivity index (χ1v) is 8.83. The third kappa shape index (κ3) is 7.32. The fourth-order valence-corrected chi connectivity index (χ4v) is 2.63. The highest BCUT2D eigenvalue weighted by molar-refractivity contribution is 5.89. The highest BCUT2D eigenvalue weighted by atomic mass is 19.4. The number of hydrogen-bond acceptors (Lipinski definition) is 1. The number of rotatable bonds is 6. The van der Waals surface area contributed by atoms with Crippen LogP contribution in [0.5, 0.6) is 0 Å². The molecule has 0 radical (unpaired) electrons. The summed E-state index contributed by atoms with van der Waals surface area (Å²) in [6.45, 7) is 2.11. The summed E-state index contributed by atoms with van der Waals surface area (Å²) in [7, 11) is 0. The smallest absolute Gasteiger partial charge is 0.338 e. The molecular formula is C20H20F6N2O. The molecule has 2 amide bonds. The van der Waals surface area contributed by atoms with E-state index in [-0.39, 0.29) is 18.5 Å². The number of aryl methyl sites for hydroxylation is 1. The van der Waals surface area contributed by atoms with Crippen LogP contribution in [0.25, 0.3) is 0 Å². The Bertz CT molecular complexity index is 786. The Morgan fingerprint density at radius 3 is 2.00 bits per heavy atom. The molecule has 0 saturated heterocycles. The van der Waals surface area contributed by atoms with Crippen molar-refractivity contribution < 1.29 is 31.1 Å². The van der Waals surface area contributed by atoms with Crippen molar-refractivity contribution in [2.24, 2.45) is 5.92 Å². The molecule has 0 saturated carbocycles. The van der Waals surface area contributed by atoms with Crippen LogP contribution in [0.3, 0.4) is 0 Å². The van der Waals surface area contributed by atoms with Crippen molar-refractivity contribution in [1.29, 1.82) is 0 Å². The number of nitrogens with one attached hydrogen (secondary N) is 2. The van der Waals surface area contributed by atoms with Crippen molar-refractivity contribution in [1.82, 2.24) is 5.32 Å². The molecule has 0 bridgehead atoms. The van der Waals surface area contributed by atoms with E-state index < -0.39 is 35.2 Å². The summed E-state index contributed by atoms with van der Waals surface area (Å²) < 4.78 is 77.1. The minimum absolute atomic E-state index is 0.00867. The highest BCUT2D eigenvalue weighted by Gasteiger charge is 2.37. The van der Waals surface area contributed by atoms with Crippen molar-refractivity contribution in [3.8, 4) is 0 Å². The van der Waals surface area contributed by atoms with E-state index in [1.807, 2.05) is 42.6 Å². The second-order valence-electron chi connectivity index (χ2n) is 6.76. The number of carbonyl (C=O) groups is 1. The van der Waals surface area contributed by atoms with Crippen molar-refractivity contribution in [2.45, 2.75) is 32.1 Å². The Balaban J connectivity index is 1.95. The minimum atomic E-state index is -4.97. The molecule has 0 heterocycles. The zero-order chi connectivity index (χ0) is 21.7. The zero-order valence-corrected chi connectivity index (χ0v) is 15.5. The van der Waals surface area contributed by atoms with E-state index in [1.165, 1.54) is 0 Å². The predicted molar refractivity (Wildman–Crippen MR) is 97.4 cm³/mol. The molecule has 0 aliphatic heterocycles. The maximum absolute atomic E-state index is 12.9. The first-order chi connectivity index (χ1) is 13.4. The summed E-state index contributed by atoms with van der Waals surface area (Å²) in [5.41, 5.74) is -2.42. The van der Waals surface area contributed by atoms with E-state index in [2.05, 4.69) is 5.32 Å². The lowest BCUT2D eigenvalue weighted by Crippen LogP contribution is -2.32. The monoisotopic (exact) mass is 418 g/mol. The van der Waals surface area contributed by atoms with Crippen molar-refractivity contribution in [3.63, 3.8) is 0 Å². The molecule has 0 aliphatic carbocycles. The second kappa shape index (κ2) is 9.19. The van der Waals surface area contributed by atoms with Crippen LogP contribution >= 0.6 is 0 Å². The van der Waals surface area contributed by atoms with Gasteiger partial charge in [0.2, 0.25) is 0 Å². The summed E-state index contributed by atoms with van der Waals surface area (Å²) in [5, 5.41) is 4.52. The van der Waals surface area contributed by atoms with Crippen LogP contribution in [0.15, 0.2) is 48.5 Å². The molecule has 1 atom stereocenters. The molecule has 2 aromatic carbocycles. The van der Waals surface area contributed by atoms with E-state index in [0.29, 0.717) is 12.1 Å². The standard InChI is InChI=1S/C20H20F6N2O/c1-13(7-8-14-5-3-2-4-6-14)12-27-18(29)28-17-10-15(19(21,22)23)9-16(11-17)20(24,25)26/h2-6,9-11,13H,7-8,12H2,1H3,(H2,27,28,29). The number of alkyl halides is 6. The average Bonchev–Trinajstić information content (AvgIpc) is 2.64. The van der Waals surface area contributed by atoms with Crippen molar-refractivity contribution in [2.75, 3.05) is 11.9 Å². The zero-order valence-electron chi connectivity index (χ0n) is 15.5. The van der Waals surface area contributed by atoms with Gasteiger partial charge in [-0.05, 0) is 42.5 Å². The Morgan fingerprint density at radius 2 is 1.48 bits per heavy atom. The van der Waals surface area contributed by atoms with Gasteiger partial charge < -0.3 is 10.6 Å². The van der Waals surface area contributed by atoms with E-state index in [0.717, 1.165) is 18.4 Å². The molecule has 2 rings (SSSR count). The molecule has 3 nitrogen and oxygen atoms in total. The minimum Gasteiger partial charge on any atom is -0.338 e. The Labute approximate surface area is 164 Å². The van der Waals surface area contributed by atoms with Crippen molar-refractivity contribution in [3.05, 3.63) is 65.2 Å². The molecule has 0 aliphatic rings. The molecule has 0 aromatic heterocycles. The third-order valence-electron chi connectivity index (χ3n) is 4.23. The molecule has 2 N–H and O–H groups in total. The molecule has 0 spiro atoms. The Kier molecular flexibility index (Phi) is 7.16. The SMILES string of the molecule is CC(CCc1ccccc1)CNC(=O)Nc1cc(C(F)(F)F)cc(C(F)(F)F)c1. The van der Waals surface area contributed by atoms with Crippen LogP contribution in [-0.4, -0.2) is 12.6 Å². The van der Waals surface area contributed by atoms with E-state index >= 15 is 0 Å².